The molecule has 0 bridgehead atoms. The highest BCUT2D eigenvalue weighted by Crippen LogP contribution is 2.36. The summed E-state index contributed by atoms with van der Waals surface area (Å²) in [7, 11) is 1.61. The van der Waals surface area contributed by atoms with Crippen molar-refractivity contribution in [2.75, 3.05) is 26.7 Å². The molecule has 2 saturated heterocycles. The molecule has 6 rings (SSSR count). The lowest BCUT2D eigenvalue weighted by Crippen LogP contribution is -2.35. The zero-order valence-electron chi connectivity index (χ0n) is 26.6. The molecule has 4 aromatic rings. The van der Waals surface area contributed by atoms with Crippen LogP contribution in [-0.4, -0.2) is 53.5 Å². The smallest absolute Gasteiger partial charge is 0.266 e. The molecule has 0 aromatic heterocycles. The molecule has 240 valence electrons. The maximum absolute atomic E-state index is 13.7. The second-order valence-corrected chi connectivity index (χ2v) is 12.6. The number of hydrogen-bond donors (Lipinski definition) is 0. The summed E-state index contributed by atoms with van der Waals surface area (Å²) >= 11 is 1.39. The summed E-state index contributed by atoms with van der Waals surface area (Å²) in [6.45, 7) is 2.57. The summed E-state index contributed by atoms with van der Waals surface area (Å²) in [4.78, 5) is 35.6. The molecule has 0 saturated carbocycles. The Balaban J connectivity index is 1.13. The van der Waals surface area contributed by atoms with E-state index >= 15 is 0 Å². The minimum atomic E-state index is -0.0562. The van der Waals surface area contributed by atoms with Crippen molar-refractivity contribution in [2.24, 2.45) is 4.99 Å². The molecule has 4 aromatic carbocycles. The van der Waals surface area contributed by atoms with Crippen LogP contribution in [0, 0.1) is 0 Å². The maximum Gasteiger partial charge on any atom is 0.266 e. The van der Waals surface area contributed by atoms with Gasteiger partial charge in [-0.15, -0.1) is 0 Å². The number of carbonyl (C=O) groups excluding carboxylic acids is 2. The van der Waals surface area contributed by atoms with E-state index in [1.165, 1.54) is 23.7 Å². The molecule has 0 aliphatic carbocycles. The summed E-state index contributed by atoms with van der Waals surface area (Å²) in [6.07, 6.45) is 6.93. The molecule has 7 nitrogen and oxygen atoms in total. The van der Waals surface area contributed by atoms with Crippen LogP contribution in [0.4, 0.5) is 5.69 Å². The molecule has 8 heteroatoms. The first-order chi connectivity index (χ1) is 23.1. The Kier molecular flexibility index (Phi) is 10.7. The summed E-state index contributed by atoms with van der Waals surface area (Å²) < 4.78 is 11.8. The lowest BCUT2D eigenvalue weighted by molar-refractivity contribution is -0.122. The van der Waals surface area contributed by atoms with Gasteiger partial charge in [-0.3, -0.25) is 14.5 Å². The van der Waals surface area contributed by atoms with Crippen LogP contribution in [-0.2, 0) is 17.8 Å². The number of aryl methyl sites for hydroxylation is 1. The summed E-state index contributed by atoms with van der Waals surface area (Å²) in [6, 6.07) is 33.3. The maximum atomic E-state index is 13.7. The number of piperidine rings is 1. The van der Waals surface area contributed by atoms with Crippen LogP contribution in [0.1, 0.15) is 52.7 Å². The van der Waals surface area contributed by atoms with E-state index in [0.717, 1.165) is 55.6 Å². The summed E-state index contributed by atoms with van der Waals surface area (Å²) in [5.41, 5.74) is 4.55. The standard InChI is InChI=1S/C39H39N3O4S/c1-45-35-26-31(19-22-34(35)46-28-30-17-20-32(21-18-30)37(43)41-23-9-4-10-24-41)27-36-38(44)42(25-11-14-29-12-5-2-6-13-29)39(47-36)40-33-15-7-3-8-16-33/h2-3,5-8,12-13,15-22,26-27H,4,9-11,14,23-25,28H2,1H3/b36-27-,40-39?. The second-order valence-electron chi connectivity index (χ2n) is 11.6. The van der Waals surface area contributed by atoms with Gasteiger partial charge in [0.25, 0.3) is 11.8 Å². The molecular weight excluding hydrogens is 607 g/mol. The molecule has 2 amide bonds. The van der Waals surface area contributed by atoms with Crippen molar-refractivity contribution in [3.05, 3.63) is 130 Å². The van der Waals surface area contributed by atoms with Crippen molar-refractivity contribution in [3.63, 3.8) is 0 Å². The predicted octanol–water partition coefficient (Wildman–Crippen LogP) is 8.14. The van der Waals surface area contributed by atoms with E-state index in [1.54, 1.807) is 12.0 Å². The third-order valence-electron chi connectivity index (χ3n) is 8.28. The van der Waals surface area contributed by atoms with E-state index in [4.69, 9.17) is 14.5 Å². The molecule has 0 N–H and O–H groups in total. The number of thioether (sulfide) groups is 1. The first-order valence-electron chi connectivity index (χ1n) is 16.2. The zero-order chi connectivity index (χ0) is 32.4. The van der Waals surface area contributed by atoms with Crippen molar-refractivity contribution < 1.29 is 19.1 Å². The number of hydrogen-bond acceptors (Lipinski definition) is 6. The van der Waals surface area contributed by atoms with Crippen LogP contribution in [0.2, 0.25) is 0 Å². The number of nitrogens with zero attached hydrogens (tertiary/aromatic N) is 3. The molecule has 47 heavy (non-hydrogen) atoms. The summed E-state index contributed by atoms with van der Waals surface area (Å²) in [5.74, 6) is 1.21. The number of aliphatic imine (C=N–C) groups is 1. The lowest BCUT2D eigenvalue weighted by Gasteiger charge is -2.26. The Labute approximate surface area is 280 Å². The van der Waals surface area contributed by atoms with Gasteiger partial charge in [-0.25, -0.2) is 4.99 Å². The first-order valence-corrected chi connectivity index (χ1v) is 17.0. The van der Waals surface area contributed by atoms with Gasteiger partial charge in [-0.2, -0.15) is 0 Å². The largest absolute Gasteiger partial charge is 0.493 e. The normalized spacial score (nSPS) is 16.6. The van der Waals surface area contributed by atoms with E-state index in [1.807, 2.05) is 102 Å². The molecule has 2 heterocycles. The van der Waals surface area contributed by atoms with Gasteiger partial charge in [0.2, 0.25) is 0 Å². The van der Waals surface area contributed by atoms with E-state index < -0.39 is 0 Å². The quantitative estimate of drug-likeness (QED) is 0.154. The lowest BCUT2D eigenvalue weighted by atomic mass is 10.1. The van der Waals surface area contributed by atoms with Crippen LogP contribution in [0.15, 0.2) is 113 Å². The van der Waals surface area contributed by atoms with E-state index in [9.17, 15) is 9.59 Å². The average Bonchev–Trinajstić information content (AvgIpc) is 3.41. The van der Waals surface area contributed by atoms with Gasteiger partial charge in [0, 0.05) is 25.2 Å². The predicted molar refractivity (Wildman–Crippen MR) is 189 cm³/mol. The fraction of sp³-hybridized carbons (Fsp3) is 0.256. The van der Waals surface area contributed by atoms with Gasteiger partial charge in [0.1, 0.15) is 6.61 Å². The number of amidine groups is 1. The minimum absolute atomic E-state index is 0.0562. The molecule has 2 aliphatic heterocycles. The fourth-order valence-corrected chi connectivity index (χ4v) is 6.74. The van der Waals surface area contributed by atoms with E-state index in [-0.39, 0.29) is 11.8 Å². The van der Waals surface area contributed by atoms with E-state index in [2.05, 4.69) is 12.1 Å². The third kappa shape index (κ3) is 8.32. The van der Waals surface area contributed by atoms with Gasteiger partial charge < -0.3 is 14.4 Å². The van der Waals surface area contributed by atoms with Crippen molar-refractivity contribution in [2.45, 2.75) is 38.7 Å². The van der Waals surface area contributed by atoms with Crippen molar-refractivity contribution in [1.29, 1.82) is 0 Å². The highest BCUT2D eigenvalue weighted by atomic mass is 32.2. The van der Waals surface area contributed by atoms with Gasteiger partial charge in [0.05, 0.1) is 17.7 Å². The number of rotatable bonds is 11. The number of para-hydroxylation sites is 1. The molecular formula is C39H39N3O4S. The van der Waals surface area contributed by atoms with Gasteiger partial charge in [-0.1, -0.05) is 66.7 Å². The highest BCUT2D eigenvalue weighted by Gasteiger charge is 2.33. The van der Waals surface area contributed by atoms with Gasteiger partial charge in [-0.05, 0) is 103 Å². The Morgan fingerprint density at radius 1 is 0.851 bits per heavy atom. The van der Waals surface area contributed by atoms with Gasteiger partial charge in [0.15, 0.2) is 16.7 Å². The number of carbonyl (C=O) groups is 2. The summed E-state index contributed by atoms with van der Waals surface area (Å²) in [5, 5.41) is 0.677. The fourth-order valence-electron chi connectivity index (χ4n) is 5.72. The van der Waals surface area contributed by atoms with Crippen LogP contribution in [0.5, 0.6) is 11.5 Å². The number of likely N-dealkylation sites (tertiary alicyclic amines) is 1. The molecule has 2 fully saturated rings. The first kappa shape index (κ1) is 32.1. The van der Waals surface area contributed by atoms with Crippen molar-refractivity contribution >= 4 is 40.5 Å². The number of benzene rings is 4. The Bertz CT molecular complexity index is 1730. The molecule has 2 aliphatic rings. The van der Waals surface area contributed by atoms with Crippen molar-refractivity contribution in [1.82, 2.24) is 9.80 Å². The third-order valence-corrected chi connectivity index (χ3v) is 9.29. The Morgan fingerprint density at radius 3 is 2.30 bits per heavy atom. The number of methoxy groups -OCH3 is 1. The van der Waals surface area contributed by atoms with Crippen LogP contribution in [0.3, 0.4) is 0 Å². The van der Waals surface area contributed by atoms with Crippen LogP contribution < -0.4 is 9.47 Å². The topological polar surface area (TPSA) is 71.4 Å². The number of amides is 2. The average molecular weight is 646 g/mol. The van der Waals surface area contributed by atoms with Crippen LogP contribution >= 0.6 is 11.8 Å². The second kappa shape index (κ2) is 15.6. The minimum Gasteiger partial charge on any atom is -0.493 e. The number of ether oxygens (including phenoxy) is 2. The monoisotopic (exact) mass is 645 g/mol. The zero-order valence-corrected chi connectivity index (χ0v) is 27.5. The highest BCUT2D eigenvalue weighted by molar-refractivity contribution is 8.18. The van der Waals surface area contributed by atoms with Crippen LogP contribution in [0.25, 0.3) is 6.08 Å². The molecule has 0 unspecified atom stereocenters. The van der Waals surface area contributed by atoms with E-state index in [0.29, 0.717) is 40.3 Å². The Hall–Kier alpha value is -4.82. The molecule has 0 atom stereocenters. The molecule has 0 spiro atoms. The van der Waals surface area contributed by atoms with Gasteiger partial charge >= 0.3 is 0 Å². The molecule has 0 radical (unpaired) electrons. The SMILES string of the molecule is COc1cc(/C=C2\SC(=Nc3ccccc3)N(CCCc3ccccc3)C2=O)ccc1OCc1ccc(C(=O)N2CCCCC2)cc1. The Morgan fingerprint density at radius 2 is 1.57 bits per heavy atom. The van der Waals surface area contributed by atoms with Crippen molar-refractivity contribution in [3.8, 4) is 11.5 Å².